The third-order valence-corrected chi connectivity index (χ3v) is 4.02. The van der Waals surface area contributed by atoms with E-state index in [1.165, 1.54) is 0 Å². The zero-order valence-corrected chi connectivity index (χ0v) is 13.8. The summed E-state index contributed by atoms with van der Waals surface area (Å²) in [6.45, 7) is 0. The van der Waals surface area contributed by atoms with Gasteiger partial charge in [-0.3, -0.25) is 0 Å². The maximum atomic E-state index is 9.90. The number of nitrogens with zero attached hydrogens (tertiary/aromatic N) is 2. The molecule has 0 aromatic carbocycles. The van der Waals surface area contributed by atoms with Crippen LogP contribution in [0.4, 0.5) is 0 Å². The second kappa shape index (κ2) is 16.3. The first-order chi connectivity index (χ1) is 10.7. The molecule has 0 rings (SSSR count). The van der Waals surface area contributed by atoms with E-state index in [1.54, 1.807) is 0 Å². The van der Waals surface area contributed by atoms with Gasteiger partial charge in [0.25, 0.3) is 0 Å². The Morgan fingerprint density at radius 2 is 0.864 bits per heavy atom. The number of aliphatic hydroxyl groups is 2. The Morgan fingerprint density at radius 1 is 0.545 bits per heavy atom. The summed E-state index contributed by atoms with van der Waals surface area (Å²) in [7, 11) is 0. The third-order valence-electron chi connectivity index (χ3n) is 4.02. The van der Waals surface area contributed by atoms with Crippen LogP contribution in [0.3, 0.4) is 0 Å². The summed E-state index contributed by atoms with van der Waals surface area (Å²) in [5.74, 6) is 0. The standard InChI is InChI=1S/C18H32N2O2/c19-15-11-7-3-1-5-9-13-17(21)18(22)14-10-6-2-4-8-12-16-20/h17-18,21-22H,1-14H2/t17-,18-/m1/s1. The Morgan fingerprint density at radius 3 is 1.23 bits per heavy atom. The molecule has 0 aliphatic carbocycles. The van der Waals surface area contributed by atoms with Gasteiger partial charge in [0, 0.05) is 12.8 Å². The molecule has 0 aromatic heterocycles. The van der Waals surface area contributed by atoms with Crippen LogP contribution in [0.15, 0.2) is 0 Å². The van der Waals surface area contributed by atoms with E-state index in [4.69, 9.17) is 10.5 Å². The number of rotatable bonds is 15. The topological polar surface area (TPSA) is 88.0 Å². The zero-order valence-electron chi connectivity index (χ0n) is 13.8. The van der Waals surface area contributed by atoms with Gasteiger partial charge in [0.2, 0.25) is 0 Å². The van der Waals surface area contributed by atoms with Crippen molar-refractivity contribution in [1.82, 2.24) is 0 Å². The highest BCUT2D eigenvalue weighted by Crippen LogP contribution is 2.15. The molecule has 4 heteroatoms. The summed E-state index contributed by atoms with van der Waals surface area (Å²) in [5.41, 5.74) is 0. The number of hydrogen-bond acceptors (Lipinski definition) is 4. The Balaban J connectivity index is 3.38. The zero-order chi connectivity index (χ0) is 16.5. The fraction of sp³-hybridized carbons (Fsp3) is 0.889. The van der Waals surface area contributed by atoms with E-state index < -0.39 is 12.2 Å². The molecule has 22 heavy (non-hydrogen) atoms. The van der Waals surface area contributed by atoms with Gasteiger partial charge in [0.05, 0.1) is 24.3 Å². The second-order valence-corrected chi connectivity index (χ2v) is 6.06. The van der Waals surface area contributed by atoms with Crippen molar-refractivity contribution in [3.05, 3.63) is 0 Å². The number of unbranched alkanes of at least 4 members (excludes halogenated alkanes) is 10. The van der Waals surface area contributed by atoms with Gasteiger partial charge in [-0.05, 0) is 25.7 Å². The van der Waals surface area contributed by atoms with Gasteiger partial charge >= 0.3 is 0 Å². The summed E-state index contributed by atoms with van der Waals surface area (Å²) < 4.78 is 0. The van der Waals surface area contributed by atoms with Crippen LogP contribution in [0.2, 0.25) is 0 Å². The molecule has 2 N–H and O–H groups in total. The van der Waals surface area contributed by atoms with Crippen LogP contribution in [-0.4, -0.2) is 22.4 Å². The summed E-state index contributed by atoms with van der Waals surface area (Å²) >= 11 is 0. The minimum atomic E-state index is -0.599. The van der Waals surface area contributed by atoms with Crippen LogP contribution in [-0.2, 0) is 0 Å². The lowest BCUT2D eigenvalue weighted by atomic mass is 9.99. The maximum Gasteiger partial charge on any atom is 0.0799 e. The molecular formula is C18H32N2O2. The normalized spacial score (nSPS) is 13.3. The van der Waals surface area contributed by atoms with Gasteiger partial charge in [-0.15, -0.1) is 0 Å². The van der Waals surface area contributed by atoms with Gasteiger partial charge in [-0.1, -0.05) is 51.4 Å². The van der Waals surface area contributed by atoms with Crippen molar-refractivity contribution < 1.29 is 10.2 Å². The lowest BCUT2D eigenvalue weighted by molar-refractivity contribution is 0.00712. The van der Waals surface area contributed by atoms with Crippen LogP contribution in [0.1, 0.15) is 89.9 Å². The molecule has 0 unspecified atom stereocenters. The van der Waals surface area contributed by atoms with Crippen molar-refractivity contribution in [2.24, 2.45) is 0 Å². The Kier molecular flexibility index (Phi) is 15.5. The van der Waals surface area contributed by atoms with Crippen molar-refractivity contribution >= 4 is 0 Å². The smallest absolute Gasteiger partial charge is 0.0799 e. The Bertz CT molecular complexity index is 288. The average Bonchev–Trinajstić information content (AvgIpc) is 2.52. The van der Waals surface area contributed by atoms with Crippen LogP contribution in [0, 0.1) is 22.7 Å². The molecule has 0 fully saturated rings. The predicted molar refractivity (Wildman–Crippen MR) is 87.9 cm³/mol. The molecule has 2 atom stereocenters. The number of hydrogen-bond donors (Lipinski definition) is 2. The van der Waals surface area contributed by atoms with Crippen molar-refractivity contribution in [3.8, 4) is 12.1 Å². The van der Waals surface area contributed by atoms with Gasteiger partial charge in [0.1, 0.15) is 0 Å². The first-order valence-electron chi connectivity index (χ1n) is 8.82. The number of aliphatic hydroxyl groups excluding tert-OH is 2. The molecule has 0 saturated heterocycles. The quantitative estimate of drug-likeness (QED) is 0.443. The first kappa shape index (κ1) is 20.9. The first-order valence-corrected chi connectivity index (χ1v) is 8.82. The summed E-state index contributed by atoms with van der Waals surface area (Å²) in [6.07, 6.45) is 11.7. The highest BCUT2D eigenvalue weighted by atomic mass is 16.3. The van der Waals surface area contributed by atoms with Crippen LogP contribution >= 0.6 is 0 Å². The average molecular weight is 308 g/mol. The van der Waals surface area contributed by atoms with E-state index in [9.17, 15) is 10.2 Å². The lowest BCUT2D eigenvalue weighted by Crippen LogP contribution is -2.25. The van der Waals surface area contributed by atoms with E-state index in [2.05, 4.69) is 12.1 Å². The SMILES string of the molecule is N#CCCCCCCC[C@@H](O)[C@H](O)CCCCCCCC#N. The van der Waals surface area contributed by atoms with E-state index >= 15 is 0 Å². The molecule has 0 heterocycles. The van der Waals surface area contributed by atoms with Gasteiger partial charge in [-0.25, -0.2) is 0 Å². The highest BCUT2D eigenvalue weighted by Gasteiger charge is 2.15. The molecule has 126 valence electrons. The fourth-order valence-corrected chi connectivity index (χ4v) is 2.56. The molecule has 0 aromatic rings. The van der Waals surface area contributed by atoms with E-state index in [0.29, 0.717) is 25.7 Å². The minimum absolute atomic E-state index is 0.599. The summed E-state index contributed by atoms with van der Waals surface area (Å²) in [5, 5.41) is 36.6. The fourth-order valence-electron chi connectivity index (χ4n) is 2.56. The molecular weight excluding hydrogens is 276 g/mol. The molecule has 0 saturated carbocycles. The van der Waals surface area contributed by atoms with E-state index in [-0.39, 0.29) is 0 Å². The van der Waals surface area contributed by atoms with Crippen LogP contribution < -0.4 is 0 Å². The number of nitriles is 2. The Labute approximate surface area is 135 Å². The molecule has 4 nitrogen and oxygen atoms in total. The molecule has 0 bridgehead atoms. The third kappa shape index (κ3) is 13.9. The van der Waals surface area contributed by atoms with Crippen molar-refractivity contribution in [3.63, 3.8) is 0 Å². The van der Waals surface area contributed by atoms with Gasteiger partial charge in [0.15, 0.2) is 0 Å². The van der Waals surface area contributed by atoms with Gasteiger partial charge in [-0.2, -0.15) is 10.5 Å². The second-order valence-electron chi connectivity index (χ2n) is 6.06. The largest absolute Gasteiger partial charge is 0.390 e. The molecule has 0 aliphatic heterocycles. The van der Waals surface area contributed by atoms with Crippen LogP contribution in [0.5, 0.6) is 0 Å². The van der Waals surface area contributed by atoms with E-state index in [0.717, 1.165) is 64.2 Å². The lowest BCUT2D eigenvalue weighted by Gasteiger charge is -2.17. The monoisotopic (exact) mass is 308 g/mol. The van der Waals surface area contributed by atoms with E-state index in [1.807, 2.05) is 0 Å². The van der Waals surface area contributed by atoms with Gasteiger partial charge < -0.3 is 10.2 Å². The van der Waals surface area contributed by atoms with Crippen molar-refractivity contribution in [2.75, 3.05) is 0 Å². The molecule has 0 radical (unpaired) electrons. The highest BCUT2D eigenvalue weighted by molar-refractivity contribution is 4.70. The summed E-state index contributed by atoms with van der Waals surface area (Å²) in [4.78, 5) is 0. The molecule has 0 spiro atoms. The molecule has 0 aliphatic rings. The van der Waals surface area contributed by atoms with Crippen molar-refractivity contribution in [2.45, 2.75) is 102 Å². The maximum absolute atomic E-state index is 9.90. The Hall–Kier alpha value is -1.10. The van der Waals surface area contributed by atoms with Crippen molar-refractivity contribution in [1.29, 1.82) is 10.5 Å². The minimum Gasteiger partial charge on any atom is -0.390 e. The predicted octanol–water partition coefficient (Wildman–Crippen LogP) is 4.22. The van der Waals surface area contributed by atoms with Crippen LogP contribution in [0.25, 0.3) is 0 Å². The molecule has 0 amide bonds. The summed E-state index contributed by atoms with van der Waals surface area (Å²) in [6, 6.07) is 4.29.